The molecule has 1 amide bonds. The molecule has 2 aromatic carbocycles. The van der Waals surface area contributed by atoms with Crippen molar-refractivity contribution < 1.29 is 9.53 Å². The van der Waals surface area contributed by atoms with Crippen LogP contribution in [-0.2, 0) is 11.3 Å². The number of aromatic nitrogens is 2. The maximum absolute atomic E-state index is 12.4. The average molecular weight is 344 g/mol. The van der Waals surface area contributed by atoms with Crippen molar-refractivity contribution in [2.45, 2.75) is 6.54 Å². The summed E-state index contributed by atoms with van der Waals surface area (Å²) in [5.74, 6) is 0.0759. The molecule has 0 saturated carbocycles. The first-order valence-corrected chi connectivity index (χ1v) is 7.54. The predicted octanol–water partition coefficient (Wildman–Crippen LogP) is 2.70. The molecule has 122 valence electrons. The van der Waals surface area contributed by atoms with Gasteiger partial charge in [0.1, 0.15) is 12.3 Å². The van der Waals surface area contributed by atoms with Gasteiger partial charge in [0.15, 0.2) is 0 Å². The minimum Gasteiger partial charge on any atom is -0.495 e. The Balaban J connectivity index is 1.84. The first-order chi connectivity index (χ1) is 11.6. The Morgan fingerprint density at radius 2 is 2.08 bits per heavy atom. The van der Waals surface area contributed by atoms with E-state index in [1.54, 1.807) is 42.6 Å². The monoisotopic (exact) mass is 343 g/mol. The fraction of sp³-hybridized carbons (Fsp3) is 0.118. The second-order valence-corrected chi connectivity index (χ2v) is 5.52. The molecule has 1 aromatic heterocycles. The highest BCUT2D eigenvalue weighted by Crippen LogP contribution is 2.27. The number of nitrogens with one attached hydrogen (secondary N) is 1. The Morgan fingerprint density at radius 3 is 2.88 bits per heavy atom. The summed E-state index contributed by atoms with van der Waals surface area (Å²) in [5, 5.41) is 8.42. The number of anilines is 1. The van der Waals surface area contributed by atoms with Gasteiger partial charge in [0.05, 0.1) is 24.4 Å². The van der Waals surface area contributed by atoms with Crippen LogP contribution in [0.15, 0.2) is 53.5 Å². The van der Waals surface area contributed by atoms with Crippen molar-refractivity contribution in [3.63, 3.8) is 0 Å². The molecule has 0 spiro atoms. The van der Waals surface area contributed by atoms with E-state index in [1.807, 2.05) is 6.07 Å². The molecule has 24 heavy (non-hydrogen) atoms. The van der Waals surface area contributed by atoms with Crippen LogP contribution in [0.3, 0.4) is 0 Å². The molecule has 0 radical (unpaired) electrons. The molecular formula is C17H14ClN3O3. The number of benzene rings is 2. The Morgan fingerprint density at radius 1 is 1.29 bits per heavy atom. The Hall–Kier alpha value is -2.86. The van der Waals surface area contributed by atoms with Gasteiger partial charge in [0.25, 0.3) is 5.56 Å². The molecule has 1 N–H and O–H groups in total. The van der Waals surface area contributed by atoms with Crippen LogP contribution in [0.4, 0.5) is 5.69 Å². The Labute approximate surface area is 142 Å². The third kappa shape index (κ3) is 3.23. The fourth-order valence-electron chi connectivity index (χ4n) is 2.34. The van der Waals surface area contributed by atoms with Crippen molar-refractivity contribution in [3.8, 4) is 5.75 Å². The van der Waals surface area contributed by atoms with Crippen molar-refractivity contribution in [2.75, 3.05) is 12.4 Å². The fourth-order valence-corrected chi connectivity index (χ4v) is 2.52. The predicted molar refractivity (Wildman–Crippen MR) is 92.6 cm³/mol. The van der Waals surface area contributed by atoms with Crippen molar-refractivity contribution in [2.24, 2.45) is 0 Å². The van der Waals surface area contributed by atoms with Crippen LogP contribution in [0.25, 0.3) is 10.8 Å². The maximum Gasteiger partial charge on any atom is 0.275 e. The molecule has 0 aliphatic carbocycles. The minimum atomic E-state index is -0.402. The molecule has 0 saturated heterocycles. The topological polar surface area (TPSA) is 73.2 Å². The van der Waals surface area contributed by atoms with Crippen LogP contribution in [0.2, 0.25) is 5.02 Å². The van der Waals surface area contributed by atoms with Crippen molar-refractivity contribution in [1.29, 1.82) is 0 Å². The third-order valence-electron chi connectivity index (χ3n) is 3.49. The normalized spacial score (nSPS) is 10.6. The first kappa shape index (κ1) is 16.0. The lowest BCUT2D eigenvalue weighted by Crippen LogP contribution is -2.29. The summed E-state index contributed by atoms with van der Waals surface area (Å²) in [6.07, 6.45) is 1.56. The summed E-state index contributed by atoms with van der Waals surface area (Å²) in [7, 11) is 1.49. The van der Waals surface area contributed by atoms with Gasteiger partial charge in [-0.05, 0) is 24.3 Å². The second kappa shape index (κ2) is 6.72. The Bertz CT molecular complexity index is 969. The molecule has 0 fully saturated rings. The molecule has 0 atom stereocenters. The highest BCUT2D eigenvalue weighted by Gasteiger charge is 2.11. The van der Waals surface area contributed by atoms with E-state index in [0.717, 1.165) is 10.1 Å². The van der Waals surface area contributed by atoms with E-state index in [9.17, 15) is 9.59 Å². The van der Waals surface area contributed by atoms with Crippen LogP contribution < -0.4 is 15.6 Å². The van der Waals surface area contributed by atoms with E-state index in [1.165, 1.54) is 7.11 Å². The van der Waals surface area contributed by atoms with E-state index in [2.05, 4.69) is 10.4 Å². The highest BCUT2D eigenvalue weighted by molar-refractivity contribution is 6.31. The van der Waals surface area contributed by atoms with E-state index in [0.29, 0.717) is 21.8 Å². The molecule has 3 aromatic rings. The number of hydrogen-bond acceptors (Lipinski definition) is 4. The zero-order valence-corrected chi connectivity index (χ0v) is 13.6. The molecule has 1 heterocycles. The van der Waals surface area contributed by atoms with E-state index in [4.69, 9.17) is 16.3 Å². The van der Waals surface area contributed by atoms with Crippen LogP contribution in [0.1, 0.15) is 0 Å². The van der Waals surface area contributed by atoms with Crippen LogP contribution >= 0.6 is 11.6 Å². The van der Waals surface area contributed by atoms with Gasteiger partial charge >= 0.3 is 0 Å². The van der Waals surface area contributed by atoms with Crippen molar-refractivity contribution in [3.05, 3.63) is 64.0 Å². The van der Waals surface area contributed by atoms with E-state index in [-0.39, 0.29) is 12.1 Å². The third-order valence-corrected chi connectivity index (χ3v) is 3.73. The quantitative estimate of drug-likeness (QED) is 0.790. The zero-order valence-electron chi connectivity index (χ0n) is 12.8. The molecule has 3 rings (SSSR count). The largest absolute Gasteiger partial charge is 0.495 e. The summed E-state index contributed by atoms with van der Waals surface area (Å²) >= 11 is 5.93. The highest BCUT2D eigenvalue weighted by atomic mass is 35.5. The van der Waals surface area contributed by atoms with Crippen molar-refractivity contribution in [1.82, 2.24) is 9.78 Å². The minimum absolute atomic E-state index is 0.209. The standard InChI is InChI=1S/C17H14ClN3O3/c1-24-15-7-6-12(18)8-14(15)20-16(22)10-21-17(23)13-5-3-2-4-11(13)9-19-21/h2-9H,10H2,1H3,(H,20,22). The molecule has 0 aliphatic rings. The number of fused-ring (bicyclic) bond motifs is 1. The molecule has 0 unspecified atom stereocenters. The number of hydrogen-bond donors (Lipinski definition) is 1. The van der Waals surface area contributed by atoms with E-state index >= 15 is 0 Å². The van der Waals surface area contributed by atoms with Gasteiger partial charge in [-0.3, -0.25) is 9.59 Å². The SMILES string of the molecule is COc1ccc(Cl)cc1NC(=O)Cn1ncc2ccccc2c1=O. The van der Waals surface area contributed by atoms with Gasteiger partial charge in [-0.15, -0.1) is 0 Å². The number of methoxy groups -OCH3 is 1. The van der Waals surface area contributed by atoms with Gasteiger partial charge in [-0.1, -0.05) is 29.8 Å². The molecule has 0 bridgehead atoms. The lowest BCUT2D eigenvalue weighted by Gasteiger charge is -2.11. The number of ether oxygens (including phenoxy) is 1. The number of rotatable bonds is 4. The maximum atomic E-state index is 12.4. The van der Waals surface area contributed by atoms with Gasteiger partial charge in [-0.2, -0.15) is 5.10 Å². The molecule has 6 nitrogen and oxygen atoms in total. The average Bonchev–Trinajstić information content (AvgIpc) is 2.58. The summed E-state index contributed by atoms with van der Waals surface area (Å²) < 4.78 is 6.30. The van der Waals surface area contributed by atoms with Gasteiger partial charge in [0, 0.05) is 10.4 Å². The number of carbonyl (C=O) groups is 1. The van der Waals surface area contributed by atoms with Gasteiger partial charge in [0.2, 0.25) is 5.91 Å². The van der Waals surface area contributed by atoms with Crippen LogP contribution in [0, 0.1) is 0 Å². The summed E-state index contributed by atoms with van der Waals surface area (Å²) in [6.45, 7) is -0.209. The van der Waals surface area contributed by atoms with Crippen LogP contribution in [0.5, 0.6) is 5.75 Å². The lowest BCUT2D eigenvalue weighted by atomic mass is 10.2. The Kier molecular flexibility index (Phi) is 4.48. The number of carbonyl (C=O) groups excluding carboxylic acids is 1. The van der Waals surface area contributed by atoms with E-state index < -0.39 is 5.91 Å². The summed E-state index contributed by atoms with van der Waals surface area (Å²) in [4.78, 5) is 24.6. The first-order valence-electron chi connectivity index (χ1n) is 7.17. The number of halogens is 1. The number of nitrogens with zero attached hydrogens (tertiary/aromatic N) is 2. The second-order valence-electron chi connectivity index (χ2n) is 5.09. The molecule has 0 aliphatic heterocycles. The van der Waals surface area contributed by atoms with Crippen molar-refractivity contribution >= 4 is 34.0 Å². The van der Waals surface area contributed by atoms with Crippen LogP contribution in [-0.4, -0.2) is 22.8 Å². The number of amides is 1. The van der Waals surface area contributed by atoms with Gasteiger partial charge in [-0.25, -0.2) is 4.68 Å². The van der Waals surface area contributed by atoms with Gasteiger partial charge < -0.3 is 10.1 Å². The smallest absolute Gasteiger partial charge is 0.275 e. The zero-order chi connectivity index (χ0) is 17.1. The molecular weight excluding hydrogens is 330 g/mol. The summed E-state index contributed by atoms with van der Waals surface area (Å²) in [5.41, 5.74) is 0.116. The molecule has 7 heteroatoms. The summed E-state index contributed by atoms with van der Waals surface area (Å²) in [6, 6.07) is 12.0. The lowest BCUT2D eigenvalue weighted by molar-refractivity contribution is -0.117.